The van der Waals surface area contributed by atoms with E-state index in [1.807, 2.05) is 24.3 Å². The summed E-state index contributed by atoms with van der Waals surface area (Å²) in [4.78, 5) is 27.5. The number of benzene rings is 3. The van der Waals surface area contributed by atoms with Crippen molar-refractivity contribution in [3.05, 3.63) is 94.5 Å². The largest absolute Gasteiger partial charge is 0.490 e. The number of nitrogens with two attached hydrogens (primary N) is 1. The monoisotopic (exact) mass is 589 g/mol. The second kappa shape index (κ2) is 15.2. The highest BCUT2D eigenvalue weighted by Crippen LogP contribution is 2.30. The molecule has 1 unspecified atom stereocenters. The topological polar surface area (TPSA) is 111 Å². The molecule has 3 aromatic rings. The van der Waals surface area contributed by atoms with E-state index in [4.69, 9.17) is 27.3 Å². The van der Waals surface area contributed by atoms with E-state index in [9.17, 15) is 9.59 Å². The van der Waals surface area contributed by atoms with Crippen molar-refractivity contribution in [2.45, 2.75) is 19.4 Å². The van der Waals surface area contributed by atoms with Crippen LogP contribution in [-0.4, -0.2) is 77.8 Å². The highest BCUT2D eigenvalue weighted by Gasteiger charge is 2.26. The number of rotatable bonds is 10. The van der Waals surface area contributed by atoms with Crippen LogP contribution in [0.15, 0.2) is 72.8 Å². The standard InChI is InChI=1S/C32H36ClN5O4/c1-24(39)35-29-23-25(7-5-6-16-38(34)32(40)41)10-15-30(29)42-22-21-36-17-19-37(20-18-36)31(26-8-3-2-4-9-26)27-11-13-28(33)14-12-27/h2-4,8-15,23,31H,6,16-22,34H2,1H3,(H,35,39)(H,40,41). The molecule has 1 fully saturated rings. The van der Waals surface area contributed by atoms with E-state index in [-0.39, 0.29) is 24.9 Å². The van der Waals surface area contributed by atoms with Crippen molar-refractivity contribution in [1.29, 1.82) is 0 Å². The first-order valence-electron chi connectivity index (χ1n) is 13.9. The van der Waals surface area contributed by atoms with Crippen LogP contribution >= 0.6 is 11.6 Å². The Kier molecular flexibility index (Phi) is 11.2. The number of ether oxygens (including phenoxy) is 1. The second-order valence-electron chi connectivity index (χ2n) is 10.0. The van der Waals surface area contributed by atoms with E-state index in [2.05, 4.69) is 63.4 Å². The van der Waals surface area contributed by atoms with Crippen LogP contribution in [0.4, 0.5) is 10.5 Å². The van der Waals surface area contributed by atoms with Gasteiger partial charge in [-0.1, -0.05) is 65.9 Å². The van der Waals surface area contributed by atoms with Crippen LogP contribution in [0.25, 0.3) is 0 Å². The lowest BCUT2D eigenvalue weighted by atomic mass is 9.96. The molecule has 10 heteroatoms. The normalized spacial score (nSPS) is 14.4. The van der Waals surface area contributed by atoms with Crippen molar-refractivity contribution >= 4 is 29.3 Å². The summed E-state index contributed by atoms with van der Waals surface area (Å²) in [5.74, 6) is 11.6. The van der Waals surface area contributed by atoms with Gasteiger partial charge in [0.2, 0.25) is 5.91 Å². The number of halogens is 1. The number of hydrogen-bond acceptors (Lipinski definition) is 6. The van der Waals surface area contributed by atoms with Gasteiger partial charge in [-0.2, -0.15) is 0 Å². The van der Waals surface area contributed by atoms with Gasteiger partial charge < -0.3 is 15.2 Å². The smallest absolute Gasteiger partial charge is 0.421 e. The third-order valence-corrected chi connectivity index (χ3v) is 7.24. The fourth-order valence-electron chi connectivity index (χ4n) is 4.88. The second-order valence-corrected chi connectivity index (χ2v) is 10.4. The number of carbonyl (C=O) groups is 2. The summed E-state index contributed by atoms with van der Waals surface area (Å²) in [6.45, 7) is 6.43. The van der Waals surface area contributed by atoms with E-state index in [0.717, 1.165) is 37.7 Å². The van der Waals surface area contributed by atoms with Crippen LogP contribution in [0.2, 0.25) is 5.02 Å². The van der Waals surface area contributed by atoms with E-state index in [0.29, 0.717) is 28.6 Å². The lowest BCUT2D eigenvalue weighted by Gasteiger charge is -2.39. The lowest BCUT2D eigenvalue weighted by molar-refractivity contribution is -0.114. The van der Waals surface area contributed by atoms with Crippen LogP contribution < -0.4 is 15.9 Å². The van der Waals surface area contributed by atoms with Gasteiger partial charge in [-0.3, -0.25) is 14.6 Å². The van der Waals surface area contributed by atoms with Crippen molar-refractivity contribution in [2.75, 3.05) is 51.2 Å². The highest BCUT2D eigenvalue weighted by atomic mass is 35.5. The molecule has 9 nitrogen and oxygen atoms in total. The Bertz CT molecular complexity index is 1400. The molecule has 0 saturated carbocycles. The third-order valence-electron chi connectivity index (χ3n) is 6.98. The zero-order valence-electron chi connectivity index (χ0n) is 23.6. The molecule has 1 aliphatic rings. The minimum Gasteiger partial charge on any atom is -0.490 e. The molecular formula is C32H36ClN5O4. The molecule has 4 rings (SSSR count). The number of nitrogens with one attached hydrogen (secondary N) is 1. The van der Waals surface area contributed by atoms with Gasteiger partial charge in [0.15, 0.2) is 0 Å². The molecule has 2 amide bonds. The number of hydrogen-bond donors (Lipinski definition) is 3. The molecule has 1 aliphatic heterocycles. The van der Waals surface area contributed by atoms with Crippen LogP contribution in [-0.2, 0) is 4.79 Å². The first-order chi connectivity index (χ1) is 20.3. The average Bonchev–Trinajstić information content (AvgIpc) is 2.98. The molecular weight excluding hydrogens is 554 g/mol. The van der Waals surface area contributed by atoms with Gasteiger partial charge in [0.1, 0.15) is 12.4 Å². The number of carboxylic acid groups (broad SMARTS) is 1. The summed E-state index contributed by atoms with van der Waals surface area (Å²) in [5.41, 5.74) is 3.70. The summed E-state index contributed by atoms with van der Waals surface area (Å²) < 4.78 is 6.08. The summed E-state index contributed by atoms with van der Waals surface area (Å²) in [5, 5.41) is 13.1. The summed E-state index contributed by atoms with van der Waals surface area (Å²) in [7, 11) is 0. The molecule has 0 aliphatic carbocycles. The Balaban J connectivity index is 1.32. The maximum atomic E-state index is 11.8. The fourth-order valence-corrected chi connectivity index (χ4v) is 5.01. The highest BCUT2D eigenvalue weighted by molar-refractivity contribution is 6.30. The number of amides is 2. The van der Waals surface area contributed by atoms with E-state index >= 15 is 0 Å². The number of nitrogens with zero attached hydrogens (tertiary/aromatic N) is 3. The van der Waals surface area contributed by atoms with Crippen molar-refractivity contribution in [3.8, 4) is 17.6 Å². The van der Waals surface area contributed by atoms with Crippen LogP contribution in [0.1, 0.15) is 36.1 Å². The Hall–Kier alpha value is -4.07. The van der Waals surface area contributed by atoms with Crippen molar-refractivity contribution in [3.63, 3.8) is 0 Å². The van der Waals surface area contributed by atoms with E-state index in [1.165, 1.54) is 18.1 Å². The Morgan fingerprint density at radius 1 is 1.05 bits per heavy atom. The summed E-state index contributed by atoms with van der Waals surface area (Å²) in [6.07, 6.45) is -0.919. The van der Waals surface area contributed by atoms with Gasteiger partial charge in [-0.25, -0.2) is 15.6 Å². The van der Waals surface area contributed by atoms with Gasteiger partial charge in [-0.15, -0.1) is 0 Å². The van der Waals surface area contributed by atoms with Crippen molar-refractivity contribution < 1.29 is 19.4 Å². The summed E-state index contributed by atoms with van der Waals surface area (Å²) >= 11 is 6.17. The van der Waals surface area contributed by atoms with Gasteiger partial charge in [0.05, 0.1) is 18.3 Å². The number of hydrazine groups is 1. The third kappa shape index (κ3) is 8.96. The Morgan fingerprint density at radius 2 is 1.74 bits per heavy atom. The number of anilines is 1. The Labute approximate surface area is 251 Å². The minimum absolute atomic E-state index is 0.102. The molecule has 1 heterocycles. The van der Waals surface area contributed by atoms with Gasteiger partial charge in [0, 0.05) is 56.7 Å². The predicted molar refractivity (Wildman–Crippen MR) is 164 cm³/mol. The molecule has 1 saturated heterocycles. The van der Waals surface area contributed by atoms with Gasteiger partial charge in [0.25, 0.3) is 0 Å². The van der Waals surface area contributed by atoms with Crippen LogP contribution in [0.5, 0.6) is 5.75 Å². The van der Waals surface area contributed by atoms with Gasteiger partial charge in [-0.05, 0) is 41.5 Å². The molecule has 3 aromatic carbocycles. The number of piperazine rings is 1. The molecule has 4 N–H and O–H groups in total. The molecule has 1 atom stereocenters. The van der Waals surface area contributed by atoms with Crippen molar-refractivity contribution in [2.24, 2.45) is 5.84 Å². The van der Waals surface area contributed by atoms with E-state index < -0.39 is 6.09 Å². The van der Waals surface area contributed by atoms with Crippen LogP contribution in [0, 0.1) is 11.8 Å². The Morgan fingerprint density at radius 3 is 2.40 bits per heavy atom. The first kappa shape index (κ1) is 30.9. The molecule has 220 valence electrons. The maximum absolute atomic E-state index is 11.8. The fraction of sp³-hybridized carbons (Fsp3) is 0.312. The van der Waals surface area contributed by atoms with Crippen molar-refractivity contribution in [1.82, 2.24) is 14.8 Å². The number of carbonyl (C=O) groups excluding carboxylic acids is 1. The molecule has 0 radical (unpaired) electrons. The lowest BCUT2D eigenvalue weighted by Crippen LogP contribution is -2.48. The maximum Gasteiger partial charge on any atom is 0.421 e. The SMILES string of the molecule is CC(=O)Nc1cc(C#CCCN(N)C(=O)O)ccc1OCCN1CCN(C(c2ccccc2)c2ccc(Cl)cc2)CC1. The van der Waals surface area contributed by atoms with Crippen LogP contribution in [0.3, 0.4) is 0 Å². The minimum atomic E-state index is -1.21. The molecule has 0 aromatic heterocycles. The average molecular weight is 590 g/mol. The van der Waals surface area contributed by atoms with Gasteiger partial charge >= 0.3 is 6.09 Å². The first-order valence-corrected chi connectivity index (χ1v) is 14.2. The molecule has 42 heavy (non-hydrogen) atoms. The summed E-state index contributed by atoms with van der Waals surface area (Å²) in [6, 6.07) is 24.2. The van der Waals surface area contributed by atoms with E-state index in [1.54, 1.807) is 12.1 Å². The zero-order valence-corrected chi connectivity index (χ0v) is 24.4. The zero-order chi connectivity index (χ0) is 29.9. The molecule has 0 bridgehead atoms. The molecule has 0 spiro atoms. The quantitative estimate of drug-likeness (QED) is 0.136. The predicted octanol–water partition coefficient (Wildman–Crippen LogP) is 4.68.